The largest absolute Gasteiger partial charge is 0.505 e. The van der Waals surface area contributed by atoms with E-state index in [2.05, 4.69) is 15.5 Å². The molecule has 0 aliphatic rings. The highest BCUT2D eigenvalue weighted by atomic mass is 35.5. The first-order valence-corrected chi connectivity index (χ1v) is 10.6. The van der Waals surface area contributed by atoms with E-state index in [1.165, 1.54) is 0 Å². The van der Waals surface area contributed by atoms with Gasteiger partial charge in [-0.05, 0) is 66.8 Å². The lowest BCUT2D eigenvalue weighted by atomic mass is 10.0. The zero-order chi connectivity index (χ0) is 23.5. The minimum Gasteiger partial charge on any atom is -0.505 e. The summed E-state index contributed by atoms with van der Waals surface area (Å²) in [5, 5.41) is 24.4. The number of aromatic hydroxyl groups is 1. The molecular formula is C26H22ClN3O3. The lowest BCUT2D eigenvalue weighted by Crippen LogP contribution is -2.13. The molecule has 7 heteroatoms. The van der Waals surface area contributed by atoms with Crippen LogP contribution in [0.15, 0.2) is 77.0 Å². The van der Waals surface area contributed by atoms with Crippen molar-refractivity contribution < 1.29 is 14.6 Å². The van der Waals surface area contributed by atoms with Crippen molar-refractivity contribution in [2.75, 3.05) is 12.4 Å². The van der Waals surface area contributed by atoms with E-state index in [1.54, 1.807) is 37.4 Å². The quantitative estimate of drug-likeness (QED) is 0.303. The number of aryl methyl sites for hydroxylation is 2. The van der Waals surface area contributed by atoms with Crippen LogP contribution in [0.4, 0.5) is 17.1 Å². The maximum atomic E-state index is 13.1. The Balaban J connectivity index is 1.75. The van der Waals surface area contributed by atoms with Gasteiger partial charge in [-0.15, -0.1) is 5.11 Å². The summed E-state index contributed by atoms with van der Waals surface area (Å²) in [6.07, 6.45) is 0. The number of carbonyl (C=O) groups excluding carboxylic acids is 1. The highest BCUT2D eigenvalue weighted by Crippen LogP contribution is 2.40. The van der Waals surface area contributed by atoms with Gasteiger partial charge in [0.1, 0.15) is 11.4 Å². The van der Waals surface area contributed by atoms with Crippen LogP contribution in [0, 0.1) is 13.8 Å². The Morgan fingerprint density at radius 1 is 0.970 bits per heavy atom. The normalized spacial score (nSPS) is 11.2. The summed E-state index contributed by atoms with van der Waals surface area (Å²) in [5.74, 6) is -0.0152. The van der Waals surface area contributed by atoms with Crippen LogP contribution in [-0.2, 0) is 0 Å². The molecule has 0 spiro atoms. The SMILES string of the molecule is COc1ccc(NC(=O)c2cc3ccccc3c(N=Nc3ccc(C)c(Cl)c3)c2O)c(C)c1. The van der Waals surface area contributed by atoms with E-state index in [4.69, 9.17) is 16.3 Å². The number of methoxy groups -OCH3 is 1. The van der Waals surface area contributed by atoms with Gasteiger partial charge < -0.3 is 15.2 Å². The van der Waals surface area contributed by atoms with Crippen molar-refractivity contribution in [3.8, 4) is 11.5 Å². The van der Waals surface area contributed by atoms with Crippen LogP contribution in [0.3, 0.4) is 0 Å². The second kappa shape index (κ2) is 9.30. The maximum absolute atomic E-state index is 13.1. The number of benzene rings is 4. The maximum Gasteiger partial charge on any atom is 0.259 e. The van der Waals surface area contributed by atoms with E-state index in [0.29, 0.717) is 27.5 Å². The van der Waals surface area contributed by atoms with Gasteiger partial charge in [-0.25, -0.2) is 0 Å². The number of nitrogens with one attached hydrogen (secondary N) is 1. The van der Waals surface area contributed by atoms with Gasteiger partial charge in [0.2, 0.25) is 0 Å². The highest BCUT2D eigenvalue weighted by molar-refractivity contribution is 6.31. The van der Waals surface area contributed by atoms with Crippen molar-refractivity contribution >= 4 is 45.3 Å². The van der Waals surface area contributed by atoms with Crippen molar-refractivity contribution in [3.63, 3.8) is 0 Å². The molecule has 4 aromatic carbocycles. The van der Waals surface area contributed by atoms with Crippen LogP contribution in [-0.4, -0.2) is 18.1 Å². The van der Waals surface area contributed by atoms with E-state index >= 15 is 0 Å². The topological polar surface area (TPSA) is 83.3 Å². The van der Waals surface area contributed by atoms with Crippen molar-refractivity contribution in [2.24, 2.45) is 10.2 Å². The van der Waals surface area contributed by atoms with Crippen LogP contribution >= 0.6 is 11.6 Å². The number of nitrogens with zero attached hydrogens (tertiary/aromatic N) is 2. The Labute approximate surface area is 196 Å². The molecule has 4 aromatic rings. The number of phenols is 1. The molecule has 0 atom stereocenters. The van der Waals surface area contributed by atoms with E-state index in [-0.39, 0.29) is 17.0 Å². The third-order valence-corrected chi connectivity index (χ3v) is 5.75. The molecule has 0 radical (unpaired) electrons. The molecule has 0 aliphatic carbocycles. The van der Waals surface area contributed by atoms with E-state index < -0.39 is 5.91 Å². The van der Waals surface area contributed by atoms with Gasteiger partial charge in [-0.1, -0.05) is 41.9 Å². The molecule has 166 valence electrons. The second-order valence-electron chi connectivity index (χ2n) is 7.61. The number of azo groups is 1. The standard InChI is InChI=1S/C26H22ClN3O3/c1-15-8-9-18(14-22(15)27)29-30-24-20-7-5-4-6-17(20)13-21(25(24)31)26(32)28-23-11-10-19(33-3)12-16(23)2/h4-14,31H,1-3H3,(H,28,32). The molecule has 0 saturated heterocycles. The van der Waals surface area contributed by atoms with Gasteiger partial charge >= 0.3 is 0 Å². The summed E-state index contributed by atoms with van der Waals surface area (Å²) in [5.41, 5.74) is 3.22. The Morgan fingerprint density at radius 3 is 2.48 bits per heavy atom. The smallest absolute Gasteiger partial charge is 0.259 e. The van der Waals surface area contributed by atoms with Gasteiger partial charge in [-0.3, -0.25) is 4.79 Å². The summed E-state index contributed by atoms with van der Waals surface area (Å²) < 4.78 is 5.22. The monoisotopic (exact) mass is 459 g/mol. The summed E-state index contributed by atoms with van der Waals surface area (Å²) in [7, 11) is 1.58. The van der Waals surface area contributed by atoms with Gasteiger partial charge in [0, 0.05) is 16.1 Å². The third-order valence-electron chi connectivity index (χ3n) is 5.34. The van der Waals surface area contributed by atoms with Crippen molar-refractivity contribution in [2.45, 2.75) is 13.8 Å². The first kappa shape index (κ1) is 22.3. The Kier molecular flexibility index (Phi) is 6.29. The number of phenolic OH excluding ortho intramolecular Hbond substituents is 1. The first-order chi connectivity index (χ1) is 15.9. The second-order valence-corrected chi connectivity index (χ2v) is 8.02. The number of fused-ring (bicyclic) bond motifs is 1. The number of hydrogen-bond acceptors (Lipinski definition) is 5. The number of carbonyl (C=O) groups is 1. The summed E-state index contributed by atoms with van der Waals surface area (Å²) in [6.45, 7) is 3.76. The highest BCUT2D eigenvalue weighted by Gasteiger charge is 2.19. The van der Waals surface area contributed by atoms with Crippen molar-refractivity contribution in [3.05, 3.63) is 88.4 Å². The van der Waals surface area contributed by atoms with Crippen LogP contribution in [0.5, 0.6) is 11.5 Å². The molecule has 4 rings (SSSR count). The molecule has 1 amide bonds. The molecule has 33 heavy (non-hydrogen) atoms. The predicted molar refractivity (Wildman–Crippen MR) is 132 cm³/mol. The Hall–Kier alpha value is -3.90. The molecule has 0 unspecified atom stereocenters. The lowest BCUT2D eigenvalue weighted by molar-refractivity contribution is 0.102. The van der Waals surface area contributed by atoms with E-state index in [0.717, 1.165) is 16.5 Å². The fourth-order valence-corrected chi connectivity index (χ4v) is 3.61. The number of anilines is 1. The van der Waals surface area contributed by atoms with Gasteiger partial charge in [0.05, 0.1) is 18.4 Å². The van der Waals surface area contributed by atoms with Crippen LogP contribution in [0.1, 0.15) is 21.5 Å². The molecule has 6 nitrogen and oxygen atoms in total. The van der Waals surface area contributed by atoms with Crippen LogP contribution in [0.25, 0.3) is 10.8 Å². The van der Waals surface area contributed by atoms with Crippen LogP contribution in [0.2, 0.25) is 5.02 Å². The molecule has 0 saturated carbocycles. The minimum atomic E-state index is -0.457. The number of hydrogen-bond donors (Lipinski definition) is 2. The van der Waals surface area contributed by atoms with Crippen molar-refractivity contribution in [1.82, 2.24) is 0 Å². The third kappa shape index (κ3) is 4.66. The Morgan fingerprint density at radius 2 is 1.76 bits per heavy atom. The molecular weight excluding hydrogens is 438 g/mol. The number of halogens is 1. The summed E-state index contributed by atoms with van der Waals surface area (Å²) >= 11 is 6.19. The minimum absolute atomic E-state index is 0.0970. The fraction of sp³-hybridized carbons (Fsp3) is 0.115. The Bertz CT molecular complexity index is 1400. The number of rotatable bonds is 5. The van der Waals surface area contributed by atoms with Crippen molar-refractivity contribution in [1.29, 1.82) is 0 Å². The van der Waals surface area contributed by atoms with E-state index in [1.807, 2.05) is 50.2 Å². The lowest BCUT2D eigenvalue weighted by Gasteiger charge is -2.13. The average Bonchev–Trinajstić information content (AvgIpc) is 2.81. The first-order valence-electron chi connectivity index (χ1n) is 10.3. The van der Waals surface area contributed by atoms with E-state index in [9.17, 15) is 9.90 Å². The van der Waals surface area contributed by atoms with Gasteiger partial charge in [-0.2, -0.15) is 5.11 Å². The van der Waals surface area contributed by atoms with Gasteiger partial charge in [0.25, 0.3) is 5.91 Å². The molecule has 0 heterocycles. The molecule has 0 bridgehead atoms. The van der Waals surface area contributed by atoms with Crippen LogP contribution < -0.4 is 10.1 Å². The number of ether oxygens (including phenoxy) is 1. The zero-order valence-electron chi connectivity index (χ0n) is 18.4. The zero-order valence-corrected chi connectivity index (χ0v) is 19.1. The predicted octanol–water partition coefficient (Wildman–Crippen LogP) is 7.49. The fourth-order valence-electron chi connectivity index (χ4n) is 3.44. The molecule has 0 aromatic heterocycles. The molecule has 2 N–H and O–H groups in total. The average molecular weight is 460 g/mol. The van der Waals surface area contributed by atoms with Gasteiger partial charge in [0.15, 0.2) is 5.75 Å². The molecule has 0 fully saturated rings. The number of amides is 1. The summed E-state index contributed by atoms with van der Waals surface area (Å²) in [4.78, 5) is 13.1. The molecule has 0 aliphatic heterocycles. The summed E-state index contributed by atoms with van der Waals surface area (Å²) in [6, 6.07) is 19.7.